The summed E-state index contributed by atoms with van der Waals surface area (Å²) < 4.78 is 1.27. The molecule has 0 fully saturated rings. The number of rotatable bonds is 5. The summed E-state index contributed by atoms with van der Waals surface area (Å²) >= 11 is 1.48. The van der Waals surface area contributed by atoms with Crippen molar-refractivity contribution in [1.29, 1.82) is 0 Å². The Morgan fingerprint density at radius 2 is 2.25 bits per heavy atom. The van der Waals surface area contributed by atoms with Crippen LogP contribution < -0.4 is 10.9 Å². The van der Waals surface area contributed by atoms with E-state index in [1.54, 1.807) is 12.1 Å². The number of aryl methyl sites for hydroxylation is 1. The van der Waals surface area contributed by atoms with Crippen LogP contribution in [0.1, 0.15) is 17.2 Å². The lowest BCUT2D eigenvalue weighted by atomic mass is 10.1. The average Bonchev–Trinajstić information content (AvgIpc) is 3.10. The Morgan fingerprint density at radius 1 is 1.42 bits per heavy atom. The van der Waals surface area contributed by atoms with Crippen LogP contribution in [-0.2, 0) is 11.3 Å². The van der Waals surface area contributed by atoms with Gasteiger partial charge in [-0.25, -0.2) is 4.98 Å². The second-order valence-corrected chi connectivity index (χ2v) is 6.31. The van der Waals surface area contributed by atoms with Crippen molar-refractivity contribution >= 4 is 28.1 Å². The van der Waals surface area contributed by atoms with E-state index in [-0.39, 0.29) is 24.6 Å². The fourth-order valence-corrected chi connectivity index (χ4v) is 3.16. The quantitative estimate of drug-likeness (QED) is 0.737. The Morgan fingerprint density at radius 3 is 3.00 bits per heavy atom. The number of thiophene rings is 1. The van der Waals surface area contributed by atoms with Gasteiger partial charge in [0.15, 0.2) is 0 Å². The number of benzene rings is 1. The highest BCUT2D eigenvalue weighted by Crippen LogP contribution is 2.15. The van der Waals surface area contributed by atoms with Crippen LogP contribution in [0.4, 0.5) is 0 Å². The lowest BCUT2D eigenvalue weighted by Crippen LogP contribution is -2.34. The molecule has 0 saturated carbocycles. The summed E-state index contributed by atoms with van der Waals surface area (Å²) in [5.74, 6) is -0.347. The van der Waals surface area contributed by atoms with E-state index in [4.69, 9.17) is 0 Å². The minimum Gasteiger partial charge on any atom is -0.387 e. The highest BCUT2D eigenvalue weighted by Gasteiger charge is 2.12. The molecule has 24 heavy (non-hydrogen) atoms. The second kappa shape index (κ2) is 6.94. The SMILES string of the molecule is Cc1cccc2c(=O)n(CC(=O)NCC(O)c3ccsc3)cnc12. The van der Waals surface area contributed by atoms with E-state index in [0.29, 0.717) is 10.9 Å². The smallest absolute Gasteiger partial charge is 0.261 e. The third kappa shape index (κ3) is 3.37. The van der Waals surface area contributed by atoms with Crippen LogP contribution in [-0.4, -0.2) is 27.1 Å². The molecule has 2 aromatic heterocycles. The highest BCUT2D eigenvalue weighted by molar-refractivity contribution is 7.07. The molecule has 6 nitrogen and oxygen atoms in total. The minimum atomic E-state index is -0.755. The van der Waals surface area contributed by atoms with Crippen LogP contribution in [0.5, 0.6) is 0 Å². The van der Waals surface area contributed by atoms with Gasteiger partial charge in [-0.1, -0.05) is 12.1 Å². The largest absolute Gasteiger partial charge is 0.387 e. The van der Waals surface area contributed by atoms with Gasteiger partial charge in [-0.05, 0) is 40.9 Å². The average molecular weight is 343 g/mol. The van der Waals surface area contributed by atoms with E-state index >= 15 is 0 Å². The lowest BCUT2D eigenvalue weighted by Gasteiger charge is -2.11. The molecule has 1 atom stereocenters. The number of carbonyl (C=O) groups is 1. The van der Waals surface area contributed by atoms with Gasteiger partial charge < -0.3 is 10.4 Å². The Hall–Kier alpha value is -2.51. The summed E-state index contributed by atoms with van der Waals surface area (Å²) in [6.45, 7) is 1.86. The van der Waals surface area contributed by atoms with E-state index in [0.717, 1.165) is 11.1 Å². The molecule has 0 saturated heterocycles. The first kappa shape index (κ1) is 16.4. The van der Waals surface area contributed by atoms with E-state index in [1.807, 2.05) is 29.8 Å². The maximum Gasteiger partial charge on any atom is 0.261 e. The molecule has 0 aliphatic rings. The zero-order valence-corrected chi connectivity index (χ0v) is 13.9. The van der Waals surface area contributed by atoms with Crippen molar-refractivity contribution in [3.63, 3.8) is 0 Å². The summed E-state index contributed by atoms with van der Waals surface area (Å²) in [4.78, 5) is 28.7. The topological polar surface area (TPSA) is 84.2 Å². The van der Waals surface area contributed by atoms with Crippen molar-refractivity contribution < 1.29 is 9.90 Å². The summed E-state index contributed by atoms with van der Waals surface area (Å²) in [7, 11) is 0. The Bertz CT molecular complexity index is 918. The van der Waals surface area contributed by atoms with Gasteiger partial charge in [0.2, 0.25) is 5.91 Å². The molecule has 0 bridgehead atoms. The molecule has 3 rings (SSSR count). The molecule has 1 aromatic carbocycles. The molecule has 0 radical (unpaired) electrons. The molecule has 7 heteroatoms. The number of nitrogens with one attached hydrogen (secondary N) is 1. The van der Waals surface area contributed by atoms with Gasteiger partial charge in [-0.15, -0.1) is 0 Å². The van der Waals surface area contributed by atoms with Gasteiger partial charge >= 0.3 is 0 Å². The van der Waals surface area contributed by atoms with Crippen molar-refractivity contribution in [2.45, 2.75) is 19.6 Å². The third-order valence-corrected chi connectivity index (χ3v) is 4.49. The van der Waals surface area contributed by atoms with Gasteiger partial charge in [0.1, 0.15) is 6.54 Å². The van der Waals surface area contributed by atoms with E-state index in [2.05, 4.69) is 10.3 Å². The molecule has 1 amide bonds. The van der Waals surface area contributed by atoms with Gasteiger partial charge in [0.25, 0.3) is 5.56 Å². The van der Waals surface area contributed by atoms with Crippen LogP contribution in [0.2, 0.25) is 0 Å². The Balaban J connectivity index is 1.69. The first-order valence-electron chi connectivity index (χ1n) is 7.48. The number of aliphatic hydroxyl groups excluding tert-OH is 1. The van der Waals surface area contributed by atoms with Crippen molar-refractivity contribution in [1.82, 2.24) is 14.9 Å². The van der Waals surface area contributed by atoms with Gasteiger partial charge in [-0.2, -0.15) is 11.3 Å². The summed E-state index contributed by atoms with van der Waals surface area (Å²) in [5, 5.41) is 16.8. The van der Waals surface area contributed by atoms with E-state index in [9.17, 15) is 14.7 Å². The first-order valence-corrected chi connectivity index (χ1v) is 8.42. The second-order valence-electron chi connectivity index (χ2n) is 5.53. The predicted octanol–water partition coefficient (Wildman–Crippen LogP) is 1.62. The third-order valence-electron chi connectivity index (χ3n) is 3.79. The fraction of sp³-hybridized carbons (Fsp3) is 0.235. The molecule has 3 aromatic rings. The number of aromatic nitrogens is 2. The van der Waals surface area contributed by atoms with Gasteiger partial charge in [0.05, 0.1) is 23.3 Å². The molecular formula is C17H17N3O3S. The zero-order chi connectivity index (χ0) is 17.1. The number of hydrogen-bond donors (Lipinski definition) is 2. The number of nitrogens with zero attached hydrogens (tertiary/aromatic N) is 2. The van der Waals surface area contributed by atoms with Crippen molar-refractivity contribution in [3.05, 3.63) is 62.8 Å². The van der Waals surface area contributed by atoms with Crippen molar-refractivity contribution in [2.75, 3.05) is 6.54 Å². The summed E-state index contributed by atoms with van der Waals surface area (Å²) in [5.41, 5.74) is 2.07. The van der Waals surface area contributed by atoms with Gasteiger partial charge in [-0.3, -0.25) is 14.2 Å². The predicted molar refractivity (Wildman–Crippen MR) is 93.0 cm³/mol. The number of hydrogen-bond acceptors (Lipinski definition) is 5. The van der Waals surface area contributed by atoms with Crippen LogP contribution in [0, 0.1) is 6.92 Å². The maximum absolute atomic E-state index is 12.4. The molecule has 2 heterocycles. The fourth-order valence-electron chi connectivity index (χ4n) is 2.45. The summed E-state index contributed by atoms with van der Waals surface area (Å²) in [6.07, 6.45) is 0.626. The number of aliphatic hydroxyl groups is 1. The molecule has 0 spiro atoms. The monoisotopic (exact) mass is 343 g/mol. The van der Waals surface area contributed by atoms with Crippen molar-refractivity contribution in [3.8, 4) is 0 Å². The molecule has 0 aliphatic heterocycles. The van der Waals surface area contributed by atoms with Crippen LogP contribution >= 0.6 is 11.3 Å². The van der Waals surface area contributed by atoms with Crippen LogP contribution in [0.3, 0.4) is 0 Å². The normalized spacial score (nSPS) is 12.2. The Labute approximate surface area is 142 Å². The van der Waals surface area contributed by atoms with Crippen LogP contribution in [0.25, 0.3) is 10.9 Å². The maximum atomic E-state index is 12.4. The van der Waals surface area contributed by atoms with Gasteiger partial charge in [0, 0.05) is 6.54 Å². The molecule has 124 valence electrons. The Kier molecular flexibility index (Phi) is 4.73. The van der Waals surface area contributed by atoms with Crippen molar-refractivity contribution in [2.24, 2.45) is 0 Å². The number of para-hydroxylation sites is 1. The molecule has 0 aliphatic carbocycles. The van der Waals surface area contributed by atoms with E-state index in [1.165, 1.54) is 22.2 Å². The molecule has 2 N–H and O–H groups in total. The standard InChI is InChI=1S/C17H17N3O3S/c1-11-3-2-4-13-16(11)19-10-20(17(13)23)8-15(22)18-7-14(21)12-5-6-24-9-12/h2-6,9-10,14,21H,7-8H2,1H3,(H,18,22). The van der Waals surface area contributed by atoms with Crippen LogP contribution in [0.15, 0.2) is 46.1 Å². The minimum absolute atomic E-state index is 0.102. The zero-order valence-electron chi connectivity index (χ0n) is 13.1. The number of fused-ring (bicyclic) bond motifs is 1. The lowest BCUT2D eigenvalue weighted by molar-refractivity contribution is -0.122. The summed E-state index contributed by atoms with van der Waals surface area (Å²) in [6, 6.07) is 7.19. The van der Waals surface area contributed by atoms with E-state index < -0.39 is 6.10 Å². The molecule has 1 unspecified atom stereocenters. The highest BCUT2D eigenvalue weighted by atomic mass is 32.1. The molecular weight excluding hydrogens is 326 g/mol. The number of carbonyl (C=O) groups excluding carboxylic acids is 1. The first-order chi connectivity index (χ1) is 11.6. The number of amides is 1.